The summed E-state index contributed by atoms with van der Waals surface area (Å²) in [6.07, 6.45) is 0. The molecule has 0 saturated carbocycles. The Kier molecular flexibility index (Phi) is 6.76. The fourth-order valence-electron chi connectivity index (χ4n) is 2.90. The molecule has 0 aliphatic heterocycles. The third-order valence-corrected chi connectivity index (χ3v) is 5.28. The van der Waals surface area contributed by atoms with Crippen LogP contribution in [-0.4, -0.2) is 14.5 Å². The summed E-state index contributed by atoms with van der Waals surface area (Å²) in [6.45, 7) is 9.43. The Morgan fingerprint density at radius 3 is 1.92 bits per heavy atom. The Morgan fingerprint density at radius 1 is 0.840 bits per heavy atom. The first-order valence-electron chi connectivity index (χ1n) is 8.59. The van der Waals surface area contributed by atoms with E-state index in [2.05, 4.69) is 42.1 Å². The van der Waals surface area contributed by atoms with Crippen LogP contribution in [0.1, 0.15) is 41.7 Å². The molecule has 0 spiro atoms. The van der Waals surface area contributed by atoms with Gasteiger partial charge in [-0.15, -0.1) is 0 Å². The lowest BCUT2D eigenvalue weighted by Gasteiger charge is -2.10. The minimum absolute atomic E-state index is 0.0153. The summed E-state index contributed by atoms with van der Waals surface area (Å²) in [5.41, 5.74) is 5.77. The van der Waals surface area contributed by atoms with Crippen molar-refractivity contribution in [1.82, 2.24) is 10.0 Å². The van der Waals surface area contributed by atoms with Gasteiger partial charge in [0.2, 0.25) is 10.0 Å². The van der Waals surface area contributed by atoms with Gasteiger partial charge in [0.15, 0.2) is 0 Å². The zero-order chi connectivity index (χ0) is 18.4. The Bertz CT molecular complexity index is 777. The van der Waals surface area contributed by atoms with E-state index in [4.69, 9.17) is 0 Å². The van der Waals surface area contributed by atoms with Crippen LogP contribution in [0.4, 0.5) is 0 Å². The first kappa shape index (κ1) is 19.6. The monoisotopic (exact) mass is 360 g/mol. The third-order valence-electron chi connectivity index (χ3n) is 3.73. The van der Waals surface area contributed by atoms with Gasteiger partial charge < -0.3 is 5.32 Å². The van der Waals surface area contributed by atoms with E-state index in [0.29, 0.717) is 0 Å². The summed E-state index contributed by atoms with van der Waals surface area (Å²) < 4.78 is 26.5. The molecule has 0 fully saturated rings. The van der Waals surface area contributed by atoms with Gasteiger partial charge in [-0.2, -0.15) is 0 Å². The molecule has 0 aliphatic rings. The van der Waals surface area contributed by atoms with E-state index in [-0.39, 0.29) is 11.8 Å². The van der Waals surface area contributed by atoms with E-state index in [1.54, 1.807) is 0 Å². The first-order valence-corrected chi connectivity index (χ1v) is 10.2. The molecule has 2 aromatic carbocycles. The van der Waals surface area contributed by atoms with Gasteiger partial charge in [0.25, 0.3) is 0 Å². The average Bonchev–Trinajstić information content (AvgIpc) is 2.46. The molecule has 4 nitrogen and oxygen atoms in total. The molecule has 2 N–H and O–H groups in total. The van der Waals surface area contributed by atoms with Crippen molar-refractivity contribution >= 4 is 10.0 Å². The molecular weight excluding hydrogens is 332 g/mol. The maximum absolute atomic E-state index is 12.0. The largest absolute Gasteiger partial charge is 0.309 e. The second kappa shape index (κ2) is 8.61. The zero-order valence-corrected chi connectivity index (χ0v) is 16.3. The summed E-state index contributed by atoms with van der Waals surface area (Å²) in [5.74, 6) is 0.0153. The van der Waals surface area contributed by atoms with Crippen LogP contribution in [0, 0.1) is 13.8 Å². The van der Waals surface area contributed by atoms with Crippen molar-refractivity contribution in [3.05, 3.63) is 70.3 Å². The van der Waals surface area contributed by atoms with Crippen LogP contribution >= 0.6 is 0 Å². The van der Waals surface area contributed by atoms with Crippen LogP contribution in [0.2, 0.25) is 0 Å². The van der Waals surface area contributed by atoms with Gasteiger partial charge in [-0.05, 0) is 44.4 Å². The predicted octanol–water partition coefficient (Wildman–Crippen LogP) is 3.42. The number of rotatable bonds is 8. The van der Waals surface area contributed by atoms with Crippen LogP contribution in [0.5, 0.6) is 0 Å². The molecule has 0 atom stereocenters. The normalized spacial score (nSPS) is 11.9. The van der Waals surface area contributed by atoms with Gasteiger partial charge in [-0.25, -0.2) is 13.1 Å². The SMILES string of the molecule is Cc1cc(C)cc(CNCc2ccc(CS(=O)(=O)NC(C)C)cc2)c1. The number of benzene rings is 2. The standard InChI is InChI=1S/C20H28N2O2S/c1-15(2)22-25(23,24)14-19-7-5-18(6-8-19)12-21-13-20-10-16(3)9-17(4)11-20/h5-11,15,21-22H,12-14H2,1-4H3. The van der Waals surface area contributed by atoms with Crippen LogP contribution in [-0.2, 0) is 28.9 Å². The zero-order valence-electron chi connectivity index (χ0n) is 15.5. The smallest absolute Gasteiger partial charge is 0.216 e. The van der Waals surface area contributed by atoms with Crippen molar-refractivity contribution < 1.29 is 8.42 Å². The molecule has 0 amide bonds. The molecule has 0 aliphatic carbocycles. The summed E-state index contributed by atoms with van der Waals surface area (Å²) in [4.78, 5) is 0. The number of aryl methyl sites for hydroxylation is 2. The fourth-order valence-corrected chi connectivity index (χ4v) is 4.33. The van der Waals surface area contributed by atoms with Crippen molar-refractivity contribution in [2.75, 3.05) is 0 Å². The van der Waals surface area contributed by atoms with Gasteiger partial charge in [0.05, 0.1) is 5.75 Å². The average molecular weight is 361 g/mol. The molecule has 0 aromatic heterocycles. The van der Waals surface area contributed by atoms with Crippen LogP contribution in [0.25, 0.3) is 0 Å². The highest BCUT2D eigenvalue weighted by molar-refractivity contribution is 7.88. The van der Waals surface area contributed by atoms with Crippen LogP contribution in [0.3, 0.4) is 0 Å². The summed E-state index contributed by atoms with van der Waals surface area (Å²) in [7, 11) is -3.27. The molecule has 0 bridgehead atoms. The summed E-state index contributed by atoms with van der Waals surface area (Å²) in [5, 5.41) is 3.44. The second-order valence-corrected chi connectivity index (χ2v) is 8.70. The van der Waals surface area contributed by atoms with E-state index in [1.165, 1.54) is 16.7 Å². The molecule has 2 rings (SSSR count). The van der Waals surface area contributed by atoms with Gasteiger partial charge in [-0.1, -0.05) is 53.6 Å². The van der Waals surface area contributed by atoms with E-state index < -0.39 is 10.0 Å². The third kappa shape index (κ3) is 6.98. The Morgan fingerprint density at radius 2 is 1.36 bits per heavy atom. The second-order valence-electron chi connectivity index (χ2n) is 6.95. The maximum Gasteiger partial charge on any atom is 0.216 e. The topological polar surface area (TPSA) is 58.2 Å². The maximum atomic E-state index is 12.0. The lowest BCUT2D eigenvalue weighted by Crippen LogP contribution is -2.31. The highest BCUT2D eigenvalue weighted by atomic mass is 32.2. The number of sulfonamides is 1. The Balaban J connectivity index is 1.88. The van der Waals surface area contributed by atoms with E-state index in [0.717, 1.165) is 24.2 Å². The number of hydrogen-bond acceptors (Lipinski definition) is 3. The van der Waals surface area contributed by atoms with Gasteiger partial charge in [-0.3, -0.25) is 0 Å². The van der Waals surface area contributed by atoms with Crippen molar-refractivity contribution in [2.45, 2.75) is 52.6 Å². The van der Waals surface area contributed by atoms with Gasteiger partial charge in [0.1, 0.15) is 0 Å². The molecular formula is C20H28N2O2S. The van der Waals surface area contributed by atoms with Crippen molar-refractivity contribution in [3.63, 3.8) is 0 Å². The minimum atomic E-state index is -3.27. The van der Waals surface area contributed by atoms with Crippen molar-refractivity contribution in [1.29, 1.82) is 0 Å². The minimum Gasteiger partial charge on any atom is -0.309 e. The Labute approximate surface area is 151 Å². The quantitative estimate of drug-likeness (QED) is 0.758. The molecule has 0 saturated heterocycles. The number of hydrogen-bond donors (Lipinski definition) is 2. The molecule has 136 valence electrons. The van der Waals surface area contributed by atoms with E-state index >= 15 is 0 Å². The van der Waals surface area contributed by atoms with Crippen molar-refractivity contribution in [2.24, 2.45) is 0 Å². The lowest BCUT2D eigenvalue weighted by atomic mass is 10.1. The highest BCUT2D eigenvalue weighted by Crippen LogP contribution is 2.10. The molecule has 0 radical (unpaired) electrons. The summed E-state index contributed by atoms with van der Waals surface area (Å²) >= 11 is 0. The molecule has 0 unspecified atom stereocenters. The number of nitrogens with one attached hydrogen (secondary N) is 2. The van der Waals surface area contributed by atoms with Gasteiger partial charge >= 0.3 is 0 Å². The molecule has 2 aromatic rings. The van der Waals surface area contributed by atoms with E-state index in [1.807, 2.05) is 38.1 Å². The van der Waals surface area contributed by atoms with E-state index in [9.17, 15) is 8.42 Å². The Hall–Kier alpha value is -1.69. The predicted molar refractivity (Wildman–Crippen MR) is 104 cm³/mol. The first-order chi connectivity index (χ1) is 11.7. The van der Waals surface area contributed by atoms with Gasteiger partial charge in [0, 0.05) is 19.1 Å². The highest BCUT2D eigenvalue weighted by Gasteiger charge is 2.12. The van der Waals surface area contributed by atoms with Crippen LogP contribution in [0.15, 0.2) is 42.5 Å². The lowest BCUT2D eigenvalue weighted by molar-refractivity contribution is 0.569. The molecule has 0 heterocycles. The molecule has 25 heavy (non-hydrogen) atoms. The van der Waals surface area contributed by atoms with Crippen LogP contribution < -0.4 is 10.0 Å². The molecule has 5 heteroatoms. The van der Waals surface area contributed by atoms with Crippen molar-refractivity contribution in [3.8, 4) is 0 Å². The summed E-state index contributed by atoms with van der Waals surface area (Å²) in [6, 6.07) is 14.2. The fraction of sp³-hybridized carbons (Fsp3) is 0.400.